The number of hydrogen-bond donors (Lipinski definition) is 1. The van der Waals surface area contributed by atoms with E-state index < -0.39 is 13.5 Å². The van der Waals surface area contributed by atoms with E-state index >= 15 is 0 Å². The van der Waals surface area contributed by atoms with Crippen molar-refractivity contribution in [2.24, 2.45) is 0 Å². The molecule has 2 unspecified atom stereocenters. The first kappa shape index (κ1) is 16.5. The fourth-order valence-corrected chi connectivity index (χ4v) is 3.13. The molecular weight excluding hydrogens is 298 g/mol. The molecule has 0 amide bonds. The molecule has 6 nitrogen and oxygen atoms in total. The zero-order valence-corrected chi connectivity index (χ0v) is 12.8. The number of aromatic nitrogens is 1. The molecule has 1 N–H and O–H groups in total. The Morgan fingerprint density at radius 1 is 1.52 bits per heavy atom. The number of alkyl halides is 1. The quantitative estimate of drug-likeness (QED) is 0.810. The molecule has 1 fully saturated rings. The summed E-state index contributed by atoms with van der Waals surface area (Å²) in [7, 11) is -4.29. The summed E-state index contributed by atoms with van der Waals surface area (Å²) < 4.78 is 35.5. The Morgan fingerprint density at radius 3 is 2.81 bits per heavy atom. The van der Waals surface area contributed by atoms with Crippen LogP contribution in [0.1, 0.15) is 24.1 Å². The highest BCUT2D eigenvalue weighted by Gasteiger charge is 2.34. The predicted molar refractivity (Wildman–Crippen MR) is 75.6 cm³/mol. The smallest absolute Gasteiger partial charge is 0.366 e. The van der Waals surface area contributed by atoms with Gasteiger partial charge in [-0.2, -0.15) is 0 Å². The molecule has 1 aromatic rings. The Hall–Kier alpha value is -0.850. The van der Waals surface area contributed by atoms with Crippen molar-refractivity contribution in [2.75, 3.05) is 32.9 Å². The molecule has 2 heterocycles. The lowest BCUT2D eigenvalue weighted by atomic mass is 10.2. The van der Waals surface area contributed by atoms with Gasteiger partial charge in [0.2, 0.25) is 5.91 Å². The molecule has 1 aromatic heterocycles. The molecule has 1 aliphatic heterocycles. The molecule has 0 aromatic carbocycles. The van der Waals surface area contributed by atoms with Crippen molar-refractivity contribution in [3.8, 4) is 0 Å². The molecule has 2 atom stereocenters. The summed E-state index contributed by atoms with van der Waals surface area (Å²) in [5.41, 5.74) is 0.844. The van der Waals surface area contributed by atoms with E-state index in [0.29, 0.717) is 19.8 Å². The van der Waals surface area contributed by atoms with E-state index in [-0.39, 0.29) is 12.2 Å². The second kappa shape index (κ2) is 7.42. The van der Waals surface area contributed by atoms with Gasteiger partial charge in [0.05, 0.1) is 25.5 Å². The van der Waals surface area contributed by atoms with E-state index in [0.717, 1.165) is 18.8 Å². The van der Waals surface area contributed by atoms with Crippen LogP contribution in [0.15, 0.2) is 18.3 Å². The van der Waals surface area contributed by atoms with E-state index in [2.05, 4.69) is 14.4 Å². The molecule has 8 heteroatoms. The van der Waals surface area contributed by atoms with Gasteiger partial charge >= 0.3 is 7.60 Å². The molecule has 2 rings (SSSR count). The molecule has 0 bridgehead atoms. The monoisotopic (exact) mass is 318 g/mol. The summed E-state index contributed by atoms with van der Waals surface area (Å²) in [6.07, 6.45) is 1.29. The second-order valence-corrected chi connectivity index (χ2v) is 6.63. The second-order valence-electron chi connectivity index (χ2n) is 4.79. The lowest BCUT2D eigenvalue weighted by Crippen LogP contribution is -2.35. The van der Waals surface area contributed by atoms with Crippen molar-refractivity contribution >= 4 is 7.60 Å². The zero-order valence-electron chi connectivity index (χ0n) is 11.9. The van der Waals surface area contributed by atoms with Crippen LogP contribution in [0, 0.1) is 0 Å². The van der Waals surface area contributed by atoms with Crippen LogP contribution < -0.4 is 0 Å². The highest BCUT2D eigenvalue weighted by atomic mass is 31.2. The topological polar surface area (TPSA) is 71.9 Å². The molecule has 1 saturated heterocycles. The van der Waals surface area contributed by atoms with Crippen molar-refractivity contribution in [3.05, 3.63) is 29.6 Å². The molecule has 21 heavy (non-hydrogen) atoms. The Balaban J connectivity index is 1.99. The van der Waals surface area contributed by atoms with Gasteiger partial charge in [-0.05, 0) is 13.0 Å². The Labute approximate surface area is 123 Å². The van der Waals surface area contributed by atoms with Gasteiger partial charge in [-0.1, -0.05) is 6.07 Å². The zero-order chi connectivity index (χ0) is 15.3. The predicted octanol–water partition coefficient (Wildman–Crippen LogP) is 2.10. The van der Waals surface area contributed by atoms with Crippen molar-refractivity contribution in [3.63, 3.8) is 0 Å². The molecule has 0 spiro atoms. The van der Waals surface area contributed by atoms with Gasteiger partial charge in [-0.3, -0.25) is 14.4 Å². The SMILES string of the molecule is CCOP(=O)(O)C(F)c1ccc(CN2CCOCC2)nc1. The molecule has 118 valence electrons. The number of pyridine rings is 1. The third-order valence-corrected chi connectivity index (χ3v) is 4.71. The van der Waals surface area contributed by atoms with E-state index in [1.165, 1.54) is 12.3 Å². The van der Waals surface area contributed by atoms with Crippen molar-refractivity contribution in [2.45, 2.75) is 19.4 Å². The van der Waals surface area contributed by atoms with Gasteiger partial charge in [0.15, 0.2) is 0 Å². The van der Waals surface area contributed by atoms with Gasteiger partial charge in [-0.15, -0.1) is 0 Å². The Morgan fingerprint density at radius 2 is 2.24 bits per heavy atom. The van der Waals surface area contributed by atoms with Gasteiger partial charge in [0.25, 0.3) is 0 Å². The van der Waals surface area contributed by atoms with Crippen molar-refractivity contribution < 1.29 is 23.1 Å². The summed E-state index contributed by atoms with van der Waals surface area (Å²) in [6.45, 7) is 5.26. The standard InChI is InChI=1S/C13H20FN2O4P/c1-2-20-21(17,18)13(14)11-3-4-12(15-9-11)10-16-5-7-19-8-6-16/h3-4,9,13H,2,5-8,10H2,1H3,(H,17,18). The van der Waals surface area contributed by atoms with Crippen LogP contribution in [0.4, 0.5) is 4.39 Å². The number of rotatable bonds is 6. The van der Waals surface area contributed by atoms with Gasteiger partial charge in [-0.25, -0.2) is 4.39 Å². The minimum Gasteiger partial charge on any atom is -0.379 e. The summed E-state index contributed by atoms with van der Waals surface area (Å²) in [4.78, 5) is 15.8. The van der Waals surface area contributed by atoms with Crippen molar-refractivity contribution in [1.29, 1.82) is 0 Å². The van der Waals surface area contributed by atoms with E-state index in [4.69, 9.17) is 4.74 Å². The van der Waals surface area contributed by atoms with Crippen LogP contribution in [-0.2, 0) is 20.4 Å². The lowest BCUT2D eigenvalue weighted by Gasteiger charge is -2.26. The largest absolute Gasteiger partial charge is 0.379 e. The first-order chi connectivity index (χ1) is 10.0. The number of nitrogens with zero attached hydrogens (tertiary/aromatic N) is 2. The maximum Gasteiger partial charge on any atom is 0.366 e. The summed E-state index contributed by atoms with van der Waals surface area (Å²) >= 11 is 0. The van der Waals surface area contributed by atoms with E-state index in [1.54, 1.807) is 13.0 Å². The van der Waals surface area contributed by atoms with E-state index in [9.17, 15) is 13.8 Å². The van der Waals surface area contributed by atoms with Gasteiger partial charge in [0, 0.05) is 31.4 Å². The van der Waals surface area contributed by atoms with Gasteiger partial charge in [0.1, 0.15) is 0 Å². The number of ether oxygens (including phenoxy) is 1. The third kappa shape index (κ3) is 4.56. The summed E-state index contributed by atoms with van der Waals surface area (Å²) in [6, 6.07) is 3.15. The molecule has 1 aliphatic rings. The molecule has 0 aliphatic carbocycles. The number of morpholine rings is 1. The Bertz CT molecular complexity index is 493. The minimum absolute atomic E-state index is 0.0171. The van der Waals surface area contributed by atoms with Crippen LogP contribution in [-0.4, -0.2) is 47.7 Å². The van der Waals surface area contributed by atoms with Gasteiger partial charge < -0.3 is 14.2 Å². The normalized spacial score (nSPS) is 20.9. The summed E-state index contributed by atoms with van der Waals surface area (Å²) in [5, 5.41) is 0. The molecular formula is C13H20FN2O4P. The third-order valence-electron chi connectivity index (χ3n) is 3.21. The molecule has 0 saturated carbocycles. The first-order valence-corrected chi connectivity index (χ1v) is 8.53. The number of hydrogen-bond acceptors (Lipinski definition) is 5. The van der Waals surface area contributed by atoms with E-state index in [1.807, 2.05) is 0 Å². The highest BCUT2D eigenvalue weighted by molar-refractivity contribution is 7.53. The average Bonchev–Trinajstić information content (AvgIpc) is 2.48. The van der Waals surface area contributed by atoms with Crippen LogP contribution in [0.2, 0.25) is 0 Å². The maximum atomic E-state index is 14.0. The van der Waals surface area contributed by atoms with Crippen LogP contribution in [0.5, 0.6) is 0 Å². The Kier molecular flexibility index (Phi) is 5.84. The van der Waals surface area contributed by atoms with Crippen LogP contribution >= 0.6 is 7.60 Å². The van der Waals surface area contributed by atoms with Crippen molar-refractivity contribution in [1.82, 2.24) is 9.88 Å². The van der Waals surface area contributed by atoms with Crippen LogP contribution in [0.25, 0.3) is 0 Å². The average molecular weight is 318 g/mol. The highest BCUT2D eigenvalue weighted by Crippen LogP contribution is 2.57. The fraction of sp³-hybridized carbons (Fsp3) is 0.615. The fourth-order valence-electron chi connectivity index (χ4n) is 2.10. The summed E-state index contributed by atoms with van der Waals surface area (Å²) in [5.74, 6) is -2.07. The molecule has 0 radical (unpaired) electrons. The lowest BCUT2D eigenvalue weighted by molar-refractivity contribution is 0.0336. The minimum atomic E-state index is -4.29. The number of halogens is 1. The first-order valence-electron chi connectivity index (χ1n) is 6.89. The maximum absolute atomic E-state index is 14.0. The van der Waals surface area contributed by atoms with Crippen LogP contribution in [0.3, 0.4) is 0 Å².